The second-order valence-corrected chi connectivity index (χ2v) is 9.38. The number of halogens is 1. The van der Waals surface area contributed by atoms with Crippen LogP contribution >= 0.6 is 28.1 Å². The van der Waals surface area contributed by atoms with Gasteiger partial charge in [-0.3, -0.25) is 9.52 Å². The standard InChI is InChI=1S/C21H18BrNO5S2/c1-27-20(24)12-19(29)17-11-18(15-5-3-4-6-16(15)21(17)28-2)23-30(25,26)14-9-7-13(22)8-10-14/h3-11,23H,12H2,1-2H3. The lowest BCUT2D eigenvalue weighted by molar-refractivity contribution is -0.139. The molecule has 0 saturated heterocycles. The van der Waals surface area contributed by atoms with E-state index in [-0.39, 0.29) is 16.2 Å². The van der Waals surface area contributed by atoms with Crippen molar-refractivity contribution < 1.29 is 22.7 Å². The Labute approximate surface area is 188 Å². The summed E-state index contributed by atoms with van der Waals surface area (Å²) in [6.07, 6.45) is -0.126. The molecule has 0 heterocycles. The van der Waals surface area contributed by atoms with Crippen molar-refractivity contribution in [3.63, 3.8) is 0 Å². The maximum absolute atomic E-state index is 13.0. The molecule has 3 rings (SSSR count). The van der Waals surface area contributed by atoms with Crippen LogP contribution in [-0.4, -0.2) is 33.5 Å². The van der Waals surface area contributed by atoms with E-state index in [9.17, 15) is 13.2 Å². The molecule has 0 aliphatic heterocycles. The van der Waals surface area contributed by atoms with E-state index in [0.29, 0.717) is 27.8 Å². The summed E-state index contributed by atoms with van der Waals surface area (Å²) < 4.78 is 39.6. The smallest absolute Gasteiger partial charge is 0.310 e. The lowest BCUT2D eigenvalue weighted by atomic mass is 10.00. The summed E-state index contributed by atoms with van der Waals surface area (Å²) in [4.78, 5) is 12.1. The molecule has 156 valence electrons. The number of thiocarbonyl (C=S) groups is 1. The van der Waals surface area contributed by atoms with E-state index >= 15 is 0 Å². The number of benzene rings is 3. The molecule has 1 N–H and O–H groups in total. The van der Waals surface area contributed by atoms with Gasteiger partial charge in [0.2, 0.25) is 0 Å². The number of rotatable bonds is 7. The van der Waals surface area contributed by atoms with Crippen LogP contribution in [0.1, 0.15) is 12.0 Å². The number of hydrogen-bond donors (Lipinski definition) is 1. The monoisotopic (exact) mass is 507 g/mol. The van der Waals surface area contributed by atoms with Gasteiger partial charge >= 0.3 is 5.97 Å². The Hall–Kier alpha value is -2.49. The van der Waals surface area contributed by atoms with Crippen molar-refractivity contribution in [3.8, 4) is 5.75 Å². The van der Waals surface area contributed by atoms with Gasteiger partial charge in [0.1, 0.15) is 5.75 Å². The molecule has 3 aromatic carbocycles. The topological polar surface area (TPSA) is 81.7 Å². The van der Waals surface area contributed by atoms with Crippen molar-refractivity contribution in [1.82, 2.24) is 0 Å². The zero-order valence-corrected chi connectivity index (χ0v) is 19.4. The fourth-order valence-electron chi connectivity index (χ4n) is 2.98. The van der Waals surface area contributed by atoms with Crippen LogP contribution in [-0.2, 0) is 19.6 Å². The summed E-state index contributed by atoms with van der Waals surface area (Å²) in [5.41, 5.74) is 0.779. The highest BCUT2D eigenvalue weighted by molar-refractivity contribution is 9.10. The van der Waals surface area contributed by atoms with E-state index in [2.05, 4.69) is 20.7 Å². The van der Waals surface area contributed by atoms with Crippen LogP contribution in [0.15, 0.2) is 64.0 Å². The molecule has 0 unspecified atom stereocenters. The largest absolute Gasteiger partial charge is 0.495 e. The summed E-state index contributed by atoms with van der Waals surface area (Å²) in [5.74, 6) is -0.0294. The molecule has 30 heavy (non-hydrogen) atoms. The van der Waals surface area contributed by atoms with Crippen LogP contribution in [0, 0.1) is 0 Å². The summed E-state index contributed by atoms with van der Waals surface area (Å²) in [5, 5.41) is 1.30. The SMILES string of the molecule is COC(=O)CC(=S)c1cc(NS(=O)(=O)c2ccc(Br)cc2)c2ccccc2c1OC. The third-order valence-electron chi connectivity index (χ3n) is 4.40. The number of carbonyl (C=O) groups excluding carboxylic acids is 1. The van der Waals surface area contributed by atoms with Gasteiger partial charge in [-0.1, -0.05) is 52.4 Å². The molecule has 9 heteroatoms. The molecule has 3 aromatic rings. The van der Waals surface area contributed by atoms with Crippen molar-refractivity contribution in [2.24, 2.45) is 0 Å². The molecule has 0 atom stereocenters. The fourth-order valence-corrected chi connectivity index (χ4v) is 4.58. The zero-order chi connectivity index (χ0) is 21.9. The van der Waals surface area contributed by atoms with E-state index in [4.69, 9.17) is 21.7 Å². The predicted molar refractivity (Wildman–Crippen MR) is 124 cm³/mol. The van der Waals surface area contributed by atoms with Gasteiger partial charge in [0.25, 0.3) is 10.0 Å². The molecular formula is C21H18BrNO5S2. The number of esters is 1. The van der Waals surface area contributed by atoms with Gasteiger partial charge in [0, 0.05) is 25.7 Å². The molecule has 0 amide bonds. The first-order valence-corrected chi connectivity index (χ1v) is 11.4. The maximum atomic E-state index is 13.0. The Balaban J connectivity index is 2.15. The van der Waals surface area contributed by atoms with E-state index in [1.165, 1.54) is 26.4 Å². The Morgan fingerprint density at radius 1 is 1.07 bits per heavy atom. The van der Waals surface area contributed by atoms with E-state index in [1.807, 2.05) is 6.07 Å². The number of methoxy groups -OCH3 is 2. The molecular weight excluding hydrogens is 490 g/mol. The highest BCUT2D eigenvalue weighted by Gasteiger charge is 2.21. The first-order valence-electron chi connectivity index (χ1n) is 8.75. The quantitative estimate of drug-likeness (QED) is 0.283. The second kappa shape index (κ2) is 9.11. The van der Waals surface area contributed by atoms with Crippen LogP contribution in [0.4, 0.5) is 5.69 Å². The third kappa shape index (κ3) is 4.63. The number of hydrogen-bond acceptors (Lipinski definition) is 6. The normalized spacial score (nSPS) is 11.2. The summed E-state index contributed by atoms with van der Waals surface area (Å²) in [7, 11) is -1.08. The molecule has 0 bridgehead atoms. The minimum atomic E-state index is -3.86. The molecule has 6 nitrogen and oxygen atoms in total. The van der Waals surface area contributed by atoms with Gasteiger partial charge in [-0.25, -0.2) is 8.42 Å². The number of nitrogens with one attached hydrogen (secondary N) is 1. The average Bonchev–Trinajstić information content (AvgIpc) is 2.73. The first-order chi connectivity index (χ1) is 14.3. The van der Waals surface area contributed by atoms with Crippen LogP contribution in [0.5, 0.6) is 5.75 Å². The molecule has 0 aromatic heterocycles. The Morgan fingerprint density at radius 2 is 1.70 bits per heavy atom. The summed E-state index contributed by atoms with van der Waals surface area (Å²) in [6, 6.07) is 15.1. The number of sulfonamides is 1. The van der Waals surface area contributed by atoms with Crippen LogP contribution in [0.3, 0.4) is 0 Å². The Bertz CT molecular complexity index is 1220. The number of carbonyl (C=O) groups is 1. The molecule has 0 spiro atoms. The van der Waals surface area contributed by atoms with E-state index in [1.54, 1.807) is 36.4 Å². The highest BCUT2D eigenvalue weighted by Crippen LogP contribution is 2.37. The first kappa shape index (κ1) is 22.2. The van der Waals surface area contributed by atoms with Crippen molar-refractivity contribution in [3.05, 3.63) is 64.6 Å². The lowest BCUT2D eigenvalue weighted by Crippen LogP contribution is -2.15. The molecule has 0 saturated carbocycles. The summed E-state index contributed by atoms with van der Waals surface area (Å²) >= 11 is 8.72. The number of fused-ring (bicyclic) bond motifs is 1. The van der Waals surface area contributed by atoms with Crippen molar-refractivity contribution in [2.45, 2.75) is 11.3 Å². The summed E-state index contributed by atoms with van der Waals surface area (Å²) in [6.45, 7) is 0. The minimum absolute atomic E-state index is 0.115. The van der Waals surface area contributed by atoms with E-state index < -0.39 is 16.0 Å². The number of ether oxygens (including phenoxy) is 2. The average molecular weight is 508 g/mol. The van der Waals surface area contributed by atoms with Crippen LogP contribution < -0.4 is 9.46 Å². The molecule has 0 aliphatic rings. The second-order valence-electron chi connectivity index (χ2n) is 6.29. The van der Waals surface area contributed by atoms with Gasteiger partial charge in [0.15, 0.2) is 0 Å². The molecule has 0 radical (unpaired) electrons. The maximum Gasteiger partial charge on any atom is 0.310 e. The van der Waals surface area contributed by atoms with E-state index in [0.717, 1.165) is 4.47 Å². The van der Waals surface area contributed by atoms with Gasteiger partial charge in [-0.15, -0.1) is 0 Å². The fraction of sp³-hybridized carbons (Fsp3) is 0.143. The van der Waals surface area contributed by atoms with Crippen LogP contribution in [0.2, 0.25) is 0 Å². The Kier molecular flexibility index (Phi) is 6.74. The van der Waals surface area contributed by atoms with Gasteiger partial charge in [-0.05, 0) is 30.3 Å². The highest BCUT2D eigenvalue weighted by atomic mass is 79.9. The Morgan fingerprint density at radius 3 is 2.30 bits per heavy atom. The van der Waals surface area contributed by atoms with Crippen molar-refractivity contribution in [2.75, 3.05) is 18.9 Å². The van der Waals surface area contributed by atoms with Crippen molar-refractivity contribution >= 4 is 65.5 Å². The van der Waals surface area contributed by atoms with Gasteiger partial charge < -0.3 is 9.47 Å². The third-order valence-corrected chi connectivity index (χ3v) is 6.67. The number of anilines is 1. The van der Waals surface area contributed by atoms with Gasteiger partial charge in [0.05, 0.1) is 31.2 Å². The van der Waals surface area contributed by atoms with Crippen molar-refractivity contribution in [1.29, 1.82) is 0 Å². The molecule has 0 aliphatic carbocycles. The van der Waals surface area contributed by atoms with Crippen LogP contribution in [0.25, 0.3) is 10.8 Å². The zero-order valence-electron chi connectivity index (χ0n) is 16.1. The lowest BCUT2D eigenvalue weighted by Gasteiger charge is -2.17. The van der Waals surface area contributed by atoms with Gasteiger partial charge in [-0.2, -0.15) is 0 Å². The molecule has 0 fully saturated rings. The minimum Gasteiger partial charge on any atom is -0.495 e. The predicted octanol–water partition coefficient (Wildman–Crippen LogP) is 4.69.